The van der Waals surface area contributed by atoms with Gasteiger partial charge < -0.3 is 9.88 Å². The molecule has 3 nitrogen and oxygen atoms in total. The standard InChI is InChI=1S/C18H26N2O/c1-6-8-20(9-7-2)18(21)16-11-15-13(4)10-12(3)14(5)17(15)19-16/h10-11,19H,6-9H2,1-5H3. The van der Waals surface area contributed by atoms with Crippen LogP contribution in [0.15, 0.2) is 12.1 Å². The third kappa shape index (κ3) is 2.97. The van der Waals surface area contributed by atoms with Crippen molar-refractivity contribution in [3.63, 3.8) is 0 Å². The van der Waals surface area contributed by atoms with Gasteiger partial charge in [-0.2, -0.15) is 0 Å². The van der Waals surface area contributed by atoms with E-state index < -0.39 is 0 Å². The minimum Gasteiger partial charge on any atom is -0.350 e. The van der Waals surface area contributed by atoms with Gasteiger partial charge in [-0.25, -0.2) is 0 Å². The first-order chi connectivity index (χ1) is 9.99. The van der Waals surface area contributed by atoms with E-state index in [1.54, 1.807) is 0 Å². The Balaban J connectivity index is 2.45. The van der Waals surface area contributed by atoms with Crippen LogP contribution in [0.25, 0.3) is 10.9 Å². The normalized spacial score (nSPS) is 11.1. The van der Waals surface area contributed by atoms with Crippen LogP contribution in [0, 0.1) is 20.8 Å². The molecule has 1 N–H and O–H groups in total. The maximum Gasteiger partial charge on any atom is 0.270 e. The highest BCUT2D eigenvalue weighted by Crippen LogP contribution is 2.26. The van der Waals surface area contributed by atoms with Crippen LogP contribution in [0.2, 0.25) is 0 Å². The van der Waals surface area contributed by atoms with Crippen LogP contribution < -0.4 is 0 Å². The van der Waals surface area contributed by atoms with Gasteiger partial charge in [-0.3, -0.25) is 4.79 Å². The fourth-order valence-electron chi connectivity index (χ4n) is 2.91. The van der Waals surface area contributed by atoms with Crippen LogP contribution in [0.3, 0.4) is 0 Å². The Morgan fingerprint density at radius 3 is 2.24 bits per heavy atom. The number of hydrogen-bond acceptors (Lipinski definition) is 1. The molecular formula is C18H26N2O. The van der Waals surface area contributed by atoms with Gasteiger partial charge in [-0.1, -0.05) is 19.9 Å². The number of benzene rings is 1. The fourth-order valence-corrected chi connectivity index (χ4v) is 2.91. The maximum atomic E-state index is 12.7. The highest BCUT2D eigenvalue weighted by Gasteiger charge is 2.18. The zero-order valence-corrected chi connectivity index (χ0v) is 13.8. The van der Waals surface area contributed by atoms with Crippen molar-refractivity contribution in [2.45, 2.75) is 47.5 Å². The average molecular weight is 286 g/mol. The molecule has 0 atom stereocenters. The van der Waals surface area contributed by atoms with Gasteiger partial charge >= 0.3 is 0 Å². The van der Waals surface area contributed by atoms with Crippen molar-refractivity contribution >= 4 is 16.8 Å². The minimum atomic E-state index is 0.117. The summed E-state index contributed by atoms with van der Waals surface area (Å²) in [6.45, 7) is 12.2. The van der Waals surface area contributed by atoms with Crippen LogP contribution in [-0.2, 0) is 0 Å². The summed E-state index contributed by atoms with van der Waals surface area (Å²) in [7, 11) is 0. The molecule has 1 heterocycles. The molecule has 2 aromatic rings. The molecule has 0 fully saturated rings. The number of H-pyrrole nitrogens is 1. The van der Waals surface area contributed by atoms with E-state index in [1.807, 2.05) is 11.0 Å². The largest absolute Gasteiger partial charge is 0.350 e. The van der Waals surface area contributed by atoms with Crippen molar-refractivity contribution in [2.24, 2.45) is 0 Å². The second-order valence-electron chi connectivity index (χ2n) is 5.90. The Morgan fingerprint density at radius 2 is 1.67 bits per heavy atom. The summed E-state index contributed by atoms with van der Waals surface area (Å²) in [4.78, 5) is 18.0. The van der Waals surface area contributed by atoms with Crippen molar-refractivity contribution < 1.29 is 4.79 Å². The van der Waals surface area contributed by atoms with E-state index in [0.29, 0.717) is 5.69 Å². The number of aryl methyl sites for hydroxylation is 3. The lowest BCUT2D eigenvalue weighted by atomic mass is 10.0. The summed E-state index contributed by atoms with van der Waals surface area (Å²) < 4.78 is 0. The Morgan fingerprint density at radius 1 is 1.05 bits per heavy atom. The molecule has 0 saturated carbocycles. The lowest BCUT2D eigenvalue weighted by molar-refractivity contribution is 0.0750. The number of hydrogen-bond donors (Lipinski definition) is 1. The summed E-state index contributed by atoms with van der Waals surface area (Å²) in [6, 6.07) is 4.20. The first-order valence-electron chi connectivity index (χ1n) is 7.88. The van der Waals surface area contributed by atoms with Gasteiger partial charge in [0.15, 0.2) is 0 Å². The molecule has 2 rings (SSSR count). The molecule has 0 unspecified atom stereocenters. The minimum absolute atomic E-state index is 0.117. The van der Waals surface area contributed by atoms with E-state index in [2.05, 4.69) is 45.7 Å². The highest BCUT2D eigenvalue weighted by molar-refractivity contribution is 5.99. The van der Waals surface area contributed by atoms with Crippen molar-refractivity contribution in [1.29, 1.82) is 0 Å². The predicted octanol–water partition coefficient (Wildman–Crippen LogP) is 4.36. The smallest absolute Gasteiger partial charge is 0.270 e. The molecule has 0 aliphatic carbocycles. The molecule has 114 valence electrons. The third-order valence-electron chi connectivity index (χ3n) is 4.15. The number of nitrogens with zero attached hydrogens (tertiary/aromatic N) is 1. The number of carbonyl (C=O) groups is 1. The van der Waals surface area contributed by atoms with Gasteiger partial charge in [0.05, 0.1) is 0 Å². The second kappa shape index (κ2) is 6.33. The van der Waals surface area contributed by atoms with Crippen molar-refractivity contribution in [1.82, 2.24) is 9.88 Å². The molecule has 1 aromatic heterocycles. The molecule has 0 spiro atoms. The van der Waals surface area contributed by atoms with Crippen molar-refractivity contribution in [2.75, 3.05) is 13.1 Å². The van der Waals surface area contributed by atoms with Gasteiger partial charge in [0, 0.05) is 24.0 Å². The number of carbonyl (C=O) groups excluding carboxylic acids is 1. The number of fused-ring (bicyclic) bond motifs is 1. The summed E-state index contributed by atoms with van der Waals surface area (Å²) in [6.07, 6.45) is 1.98. The molecule has 1 amide bonds. The zero-order chi connectivity index (χ0) is 15.6. The molecule has 0 bridgehead atoms. The van der Waals surface area contributed by atoms with Gasteiger partial charge in [-0.15, -0.1) is 0 Å². The van der Waals surface area contributed by atoms with Gasteiger partial charge in [-0.05, 0) is 56.4 Å². The second-order valence-corrected chi connectivity index (χ2v) is 5.90. The lowest BCUT2D eigenvalue weighted by Crippen LogP contribution is -2.32. The Kier molecular flexibility index (Phi) is 4.71. The van der Waals surface area contributed by atoms with Crippen LogP contribution in [0.1, 0.15) is 53.9 Å². The fraction of sp³-hybridized carbons (Fsp3) is 0.500. The van der Waals surface area contributed by atoms with E-state index in [9.17, 15) is 4.79 Å². The van der Waals surface area contributed by atoms with E-state index in [4.69, 9.17) is 0 Å². The van der Waals surface area contributed by atoms with Crippen molar-refractivity contribution in [3.8, 4) is 0 Å². The third-order valence-corrected chi connectivity index (χ3v) is 4.15. The van der Waals surface area contributed by atoms with Gasteiger partial charge in [0.25, 0.3) is 5.91 Å². The topological polar surface area (TPSA) is 36.1 Å². The van der Waals surface area contributed by atoms with E-state index >= 15 is 0 Å². The molecule has 0 saturated heterocycles. The molecular weight excluding hydrogens is 260 g/mol. The predicted molar refractivity (Wildman–Crippen MR) is 89.0 cm³/mol. The molecule has 21 heavy (non-hydrogen) atoms. The Hall–Kier alpha value is -1.77. The molecule has 0 radical (unpaired) electrons. The first kappa shape index (κ1) is 15.6. The Labute approximate surface area is 127 Å². The quantitative estimate of drug-likeness (QED) is 0.871. The molecule has 1 aromatic carbocycles. The molecule has 0 aliphatic rings. The SMILES string of the molecule is CCCN(CCC)C(=O)c1cc2c(C)cc(C)c(C)c2[nH]1. The lowest BCUT2D eigenvalue weighted by Gasteiger charge is -2.20. The average Bonchev–Trinajstić information content (AvgIpc) is 2.90. The van der Waals surface area contributed by atoms with Gasteiger partial charge in [0.2, 0.25) is 0 Å². The number of nitrogens with one attached hydrogen (secondary N) is 1. The van der Waals surface area contributed by atoms with Gasteiger partial charge in [0.1, 0.15) is 5.69 Å². The van der Waals surface area contributed by atoms with Crippen LogP contribution in [-0.4, -0.2) is 28.9 Å². The zero-order valence-electron chi connectivity index (χ0n) is 13.8. The van der Waals surface area contributed by atoms with Crippen LogP contribution in [0.4, 0.5) is 0 Å². The van der Waals surface area contributed by atoms with E-state index in [-0.39, 0.29) is 5.91 Å². The number of aromatic amines is 1. The summed E-state index contributed by atoms with van der Waals surface area (Å²) in [5.74, 6) is 0.117. The number of rotatable bonds is 5. The number of amides is 1. The summed E-state index contributed by atoms with van der Waals surface area (Å²) in [5.41, 5.74) is 5.53. The maximum absolute atomic E-state index is 12.7. The highest BCUT2D eigenvalue weighted by atomic mass is 16.2. The first-order valence-corrected chi connectivity index (χ1v) is 7.88. The monoisotopic (exact) mass is 286 g/mol. The molecule has 3 heteroatoms. The Bertz CT molecular complexity index is 649. The van der Waals surface area contributed by atoms with E-state index in [0.717, 1.165) is 36.8 Å². The number of aromatic nitrogens is 1. The van der Waals surface area contributed by atoms with Crippen LogP contribution >= 0.6 is 0 Å². The van der Waals surface area contributed by atoms with E-state index in [1.165, 1.54) is 16.7 Å². The summed E-state index contributed by atoms with van der Waals surface area (Å²) >= 11 is 0. The molecule has 0 aliphatic heterocycles. The summed E-state index contributed by atoms with van der Waals surface area (Å²) in [5, 5.41) is 1.16. The van der Waals surface area contributed by atoms with Crippen LogP contribution in [0.5, 0.6) is 0 Å². The van der Waals surface area contributed by atoms with Crippen molar-refractivity contribution in [3.05, 3.63) is 34.5 Å².